The number of hydrogen-bond acceptors (Lipinski definition) is 5. The van der Waals surface area contributed by atoms with E-state index in [9.17, 15) is 21.6 Å². The fourth-order valence-corrected chi connectivity index (χ4v) is 14.9. The Morgan fingerprint density at radius 1 is 0.675 bits per heavy atom. The van der Waals surface area contributed by atoms with Gasteiger partial charge in [0.2, 0.25) is 10.0 Å². The maximum atomic E-state index is 13.0. The molecule has 0 heterocycles. The summed E-state index contributed by atoms with van der Waals surface area (Å²) < 4.78 is 55.8. The van der Waals surface area contributed by atoms with Gasteiger partial charge in [-0.05, 0) is 22.9 Å². The van der Waals surface area contributed by atoms with Crippen LogP contribution in [0.4, 0.5) is 16.2 Å². The summed E-state index contributed by atoms with van der Waals surface area (Å²) in [5.41, 5.74) is 0.996. The summed E-state index contributed by atoms with van der Waals surface area (Å²) in [6.07, 6.45) is 0. The second kappa shape index (κ2) is 13.8. The number of rotatable bonds is 10. The Bertz CT molecular complexity index is 1650. The van der Waals surface area contributed by atoms with Gasteiger partial charge in [0, 0.05) is 0 Å². The van der Waals surface area contributed by atoms with Crippen LogP contribution in [0, 0.1) is 0 Å². The molecule has 214 valence electrons. The summed E-state index contributed by atoms with van der Waals surface area (Å²) in [6.45, 7) is 0. The molecule has 0 aliphatic carbocycles. The number of nitrogens with zero attached hydrogens (tertiary/aromatic N) is 2. The Morgan fingerprint density at radius 3 is 1.55 bits per heavy atom. The molecule has 0 radical (unpaired) electrons. The normalized spacial score (nSPS) is 12.4. The van der Waals surface area contributed by atoms with Crippen LogP contribution in [-0.2, 0) is 20.0 Å². The number of carbonyl (C=O) groups is 1. The van der Waals surface area contributed by atoms with Gasteiger partial charge in [-0.1, -0.05) is 57.3 Å². The van der Waals surface area contributed by atoms with Gasteiger partial charge in [0.25, 0.3) is 0 Å². The van der Waals surface area contributed by atoms with Gasteiger partial charge in [-0.3, -0.25) is 0 Å². The molecule has 0 aromatic heterocycles. The van der Waals surface area contributed by atoms with E-state index in [1.165, 1.54) is 6.82 Å². The van der Waals surface area contributed by atoms with Gasteiger partial charge in [0.15, 0.2) is 0 Å². The van der Waals surface area contributed by atoms with Gasteiger partial charge in [-0.15, -0.1) is 0 Å². The van der Waals surface area contributed by atoms with Gasteiger partial charge in [0.1, 0.15) is 0 Å². The molecule has 2 N–H and O–H groups in total. The Morgan fingerprint density at radius 2 is 1.12 bits per heavy atom. The second-order valence-electron chi connectivity index (χ2n) is 8.30. The molecule has 0 spiro atoms. The standard InChI is InChI=1S/C25H23I4N4O5S2/c1-29-33(16-28)40(37,38)24-9-5-18-3-7-22(11-20(18)13-24)31-25(34)30-21-6-2-17-4-8-23(12-19(17)10-21)39(35,36)32(14-26)15-27/h2-13H,14-16H2,1H3,(H2,30,31,34)/q-1. The maximum absolute atomic E-state index is 13.0. The number of anilines is 2. The molecule has 0 unspecified atom stereocenters. The number of benzene rings is 4. The minimum absolute atomic E-state index is 0.190. The van der Waals surface area contributed by atoms with E-state index in [1.807, 2.05) is 62.2 Å². The van der Waals surface area contributed by atoms with Crippen molar-refractivity contribution in [2.45, 2.75) is 9.79 Å². The molecule has 0 aliphatic heterocycles. The summed E-state index contributed by atoms with van der Waals surface area (Å²) in [7, 11) is -7.20. The molecule has 40 heavy (non-hydrogen) atoms. The number of alkyl halides is 4. The molecule has 4 rings (SSSR count). The molecular formula is C25H23I4N4O5S2-. The zero-order chi connectivity index (χ0) is 29.1. The Balaban J connectivity index is 1.55. The van der Waals surface area contributed by atoms with Crippen LogP contribution in [0.5, 0.6) is 0 Å². The third-order valence-corrected chi connectivity index (χ3v) is 18.1. The predicted molar refractivity (Wildman–Crippen MR) is 181 cm³/mol. The van der Waals surface area contributed by atoms with Crippen molar-refractivity contribution >= 4 is 127 Å². The summed E-state index contributed by atoms with van der Waals surface area (Å²) in [4.78, 5) is 15.1. The molecule has 15 heteroatoms. The molecule has 0 atom stereocenters. The average Bonchev–Trinajstić information content (AvgIpc) is 2.93. The van der Waals surface area contributed by atoms with Crippen molar-refractivity contribution in [3.8, 4) is 0 Å². The van der Waals surface area contributed by atoms with Gasteiger partial charge >= 0.3 is 172 Å². The quantitative estimate of drug-likeness (QED) is 0.110. The molecule has 0 saturated heterocycles. The molecule has 4 aromatic carbocycles. The number of amides is 2. The van der Waals surface area contributed by atoms with E-state index in [-0.39, 0.29) is 9.79 Å². The molecule has 4 aromatic rings. The van der Waals surface area contributed by atoms with Gasteiger partial charge < -0.3 is 0 Å². The molecule has 2 amide bonds. The van der Waals surface area contributed by atoms with Crippen molar-refractivity contribution < 1.29 is 43.1 Å². The first-order chi connectivity index (χ1) is 19.0. The predicted octanol–water partition coefficient (Wildman–Crippen LogP) is 3.43. The van der Waals surface area contributed by atoms with Crippen LogP contribution in [-0.4, -0.2) is 48.3 Å². The molecule has 9 nitrogen and oxygen atoms in total. The number of carbonyl (C=O) groups excluding carboxylic acids is 1. The molecule has 0 aliphatic rings. The van der Waals surface area contributed by atoms with Gasteiger partial charge in [-0.2, -0.15) is 4.31 Å². The number of sulfonamides is 2. The summed E-state index contributed by atoms with van der Waals surface area (Å²) in [6, 6.07) is 20.0. The third-order valence-electron chi connectivity index (χ3n) is 5.88. The van der Waals surface area contributed by atoms with E-state index >= 15 is 0 Å². The van der Waals surface area contributed by atoms with Crippen LogP contribution >= 0.6 is 67.8 Å². The van der Waals surface area contributed by atoms with Crippen molar-refractivity contribution in [2.24, 2.45) is 0 Å². The Kier molecular flexibility index (Phi) is 11.2. The van der Waals surface area contributed by atoms with Gasteiger partial charge in [0.05, 0.1) is 14.0 Å². The summed E-state index contributed by atoms with van der Waals surface area (Å²) in [5.74, 6) is 0. The fourth-order valence-electron chi connectivity index (χ4n) is 3.84. The van der Waals surface area contributed by atoms with Crippen LogP contribution in [0.15, 0.2) is 82.6 Å². The van der Waals surface area contributed by atoms with Crippen molar-refractivity contribution in [1.82, 2.24) is 6.82 Å². The van der Waals surface area contributed by atoms with Crippen LogP contribution < -0.4 is 32.1 Å². The summed E-state index contributed by atoms with van der Waals surface area (Å²) >= 11 is 5.45. The Labute approximate surface area is 285 Å². The Hall–Kier alpha value is -0.590. The first kappa shape index (κ1) is 32.3. The number of halogens is 4. The fraction of sp³-hybridized carbons (Fsp3) is 0.160. The third kappa shape index (κ3) is 7.13. The van der Waals surface area contributed by atoms with E-state index in [1.54, 1.807) is 60.7 Å². The minimum atomic E-state index is -3.63. The summed E-state index contributed by atoms with van der Waals surface area (Å²) in [5, 5.41) is 8.63. The van der Waals surface area contributed by atoms with E-state index in [0.717, 1.165) is 10.8 Å². The van der Waals surface area contributed by atoms with E-state index in [2.05, 4.69) is 33.2 Å². The number of fused-ring (bicyclic) bond motifs is 2. The second-order valence-corrected chi connectivity index (χ2v) is 16.9. The zero-order valence-corrected chi connectivity index (χ0v) is 31.1. The number of nitrogens with one attached hydrogen (secondary N) is 2. The van der Waals surface area contributed by atoms with Crippen molar-refractivity contribution in [2.75, 3.05) is 29.2 Å². The van der Waals surface area contributed by atoms with E-state index in [0.29, 0.717) is 35.8 Å². The molecule has 0 bridgehead atoms. The topological polar surface area (TPSA) is 116 Å². The van der Waals surface area contributed by atoms with Crippen molar-refractivity contribution in [1.29, 1.82) is 0 Å². The molecular weight excluding hydrogens is 1010 g/mol. The van der Waals surface area contributed by atoms with Crippen LogP contribution in [0.2, 0.25) is 0 Å². The van der Waals surface area contributed by atoms with Gasteiger partial charge in [-0.25, -0.2) is 8.42 Å². The number of urea groups is 1. The first-order valence-electron chi connectivity index (χ1n) is 11.4. The SMILES string of the molecule is C[I-]N(CI)S(=O)(=O)c1ccc2ccc(NC(=O)Nc3ccc4ccc(S(=O)(=O)N(CI)CI)cc4c3)cc2c1. The molecule has 0 fully saturated rings. The first-order valence-corrected chi connectivity index (χ1v) is 22.0. The van der Waals surface area contributed by atoms with Crippen LogP contribution in [0.1, 0.15) is 0 Å². The van der Waals surface area contributed by atoms with Crippen LogP contribution in [0.25, 0.3) is 21.5 Å². The van der Waals surface area contributed by atoms with Crippen molar-refractivity contribution in [3.63, 3.8) is 0 Å². The zero-order valence-electron chi connectivity index (χ0n) is 20.8. The van der Waals surface area contributed by atoms with E-state index in [4.69, 9.17) is 0 Å². The molecule has 0 saturated carbocycles. The van der Waals surface area contributed by atoms with Crippen LogP contribution in [0.3, 0.4) is 0 Å². The van der Waals surface area contributed by atoms with Crippen molar-refractivity contribution in [3.05, 3.63) is 72.8 Å². The monoisotopic (exact) mass is 1030 g/mol. The number of hydrogen-bond donors (Lipinski definition) is 2. The van der Waals surface area contributed by atoms with E-state index < -0.39 is 47.6 Å². The average molecular weight is 1030 g/mol.